The van der Waals surface area contributed by atoms with Crippen LogP contribution >= 0.6 is 0 Å². The molecule has 82 valence electrons. The smallest absolute Gasteiger partial charge is 0.147 e. The highest BCUT2D eigenvalue weighted by Gasteiger charge is 2.14. The number of aromatic nitrogens is 2. The minimum atomic E-state index is -2.48. The van der Waals surface area contributed by atoms with Crippen molar-refractivity contribution in [2.45, 2.75) is 5.75 Å². The van der Waals surface area contributed by atoms with Gasteiger partial charge in [0.05, 0.1) is 6.61 Å². The van der Waals surface area contributed by atoms with E-state index >= 15 is 0 Å². The van der Waals surface area contributed by atoms with Gasteiger partial charge in [0, 0.05) is 12.7 Å². The van der Waals surface area contributed by atoms with Crippen molar-refractivity contribution in [3.05, 3.63) is 18.1 Å². The standard InChI is InChI=1S/C8H11N3O3S/c12-15(13)5-7-9-2-1-8(10-7)11-3-4-14-6-11/h1-2,15H,3-6H2. The van der Waals surface area contributed by atoms with E-state index in [4.69, 9.17) is 4.74 Å². The van der Waals surface area contributed by atoms with Gasteiger partial charge in [-0.1, -0.05) is 0 Å². The second-order valence-electron chi connectivity index (χ2n) is 3.12. The summed E-state index contributed by atoms with van der Waals surface area (Å²) in [6.07, 6.45) is 1.56. The number of ether oxygens (including phenoxy) is 1. The van der Waals surface area contributed by atoms with Crippen molar-refractivity contribution < 1.29 is 13.2 Å². The fraction of sp³-hybridized carbons (Fsp3) is 0.500. The van der Waals surface area contributed by atoms with Gasteiger partial charge in [-0.15, -0.1) is 0 Å². The number of hydrogen-bond acceptors (Lipinski definition) is 6. The lowest BCUT2D eigenvalue weighted by atomic mass is 10.5. The van der Waals surface area contributed by atoms with Gasteiger partial charge in [-0.25, -0.2) is 18.4 Å². The van der Waals surface area contributed by atoms with E-state index in [0.717, 1.165) is 6.54 Å². The predicted octanol–water partition coefficient (Wildman–Crippen LogP) is -0.618. The lowest BCUT2D eigenvalue weighted by Gasteiger charge is -2.14. The molecule has 0 radical (unpaired) electrons. The van der Waals surface area contributed by atoms with Crippen LogP contribution in [-0.4, -0.2) is 38.3 Å². The Morgan fingerprint density at radius 2 is 2.40 bits per heavy atom. The molecule has 0 atom stereocenters. The summed E-state index contributed by atoms with van der Waals surface area (Å²) in [6, 6.07) is 1.75. The van der Waals surface area contributed by atoms with E-state index in [-0.39, 0.29) is 5.75 Å². The van der Waals surface area contributed by atoms with E-state index in [0.29, 0.717) is 25.0 Å². The van der Waals surface area contributed by atoms with Gasteiger partial charge in [-0.2, -0.15) is 0 Å². The van der Waals surface area contributed by atoms with Crippen molar-refractivity contribution in [1.29, 1.82) is 0 Å². The SMILES string of the molecule is O=[SH](=O)Cc1nccc(N2CCOC2)n1. The molecule has 1 aliphatic rings. The maximum atomic E-state index is 10.5. The number of anilines is 1. The molecule has 0 spiro atoms. The molecule has 1 aromatic heterocycles. The number of hydrogen-bond donors (Lipinski definition) is 1. The monoisotopic (exact) mass is 229 g/mol. The molecule has 0 unspecified atom stereocenters. The first-order valence-electron chi connectivity index (χ1n) is 4.52. The molecule has 0 bridgehead atoms. The highest BCUT2D eigenvalue weighted by atomic mass is 32.2. The van der Waals surface area contributed by atoms with Crippen LogP contribution < -0.4 is 4.90 Å². The summed E-state index contributed by atoms with van der Waals surface area (Å²) in [5.74, 6) is 0.933. The number of nitrogens with zero attached hydrogens (tertiary/aromatic N) is 3. The van der Waals surface area contributed by atoms with Gasteiger partial charge in [0.15, 0.2) is 0 Å². The van der Waals surface area contributed by atoms with E-state index in [9.17, 15) is 8.42 Å². The maximum absolute atomic E-state index is 10.5. The maximum Gasteiger partial charge on any atom is 0.147 e. The Bertz CT molecular complexity index is 407. The molecule has 7 heteroatoms. The first kappa shape index (κ1) is 10.3. The second kappa shape index (κ2) is 4.54. The van der Waals surface area contributed by atoms with Crippen molar-refractivity contribution in [3.8, 4) is 0 Å². The van der Waals surface area contributed by atoms with Crippen molar-refractivity contribution in [3.63, 3.8) is 0 Å². The Labute approximate surface area is 88.9 Å². The Morgan fingerprint density at radius 1 is 1.53 bits per heavy atom. The van der Waals surface area contributed by atoms with Crippen LogP contribution in [-0.2, 0) is 21.2 Å². The number of rotatable bonds is 3. The fourth-order valence-electron chi connectivity index (χ4n) is 1.35. The molecule has 2 heterocycles. The first-order chi connectivity index (χ1) is 7.25. The molecule has 1 aromatic rings. The Hall–Kier alpha value is -1.21. The van der Waals surface area contributed by atoms with Crippen molar-refractivity contribution >= 4 is 16.5 Å². The van der Waals surface area contributed by atoms with E-state index < -0.39 is 10.7 Å². The Balaban J connectivity index is 2.17. The van der Waals surface area contributed by atoms with Gasteiger partial charge in [0.2, 0.25) is 0 Å². The third-order valence-corrected chi connectivity index (χ3v) is 2.58. The third kappa shape index (κ3) is 2.63. The summed E-state index contributed by atoms with van der Waals surface area (Å²) >= 11 is 0. The van der Waals surface area contributed by atoms with E-state index in [1.54, 1.807) is 12.3 Å². The van der Waals surface area contributed by atoms with Gasteiger partial charge in [-0.3, -0.25) is 0 Å². The van der Waals surface area contributed by atoms with E-state index in [1.807, 2.05) is 4.90 Å². The molecule has 0 aliphatic carbocycles. The lowest BCUT2D eigenvalue weighted by Crippen LogP contribution is -2.20. The molecule has 0 saturated carbocycles. The average Bonchev–Trinajstić information content (AvgIpc) is 2.69. The third-order valence-electron chi connectivity index (χ3n) is 2.04. The zero-order valence-electron chi connectivity index (χ0n) is 8.00. The molecule has 15 heavy (non-hydrogen) atoms. The molecule has 6 nitrogen and oxygen atoms in total. The van der Waals surface area contributed by atoms with Gasteiger partial charge in [0.25, 0.3) is 0 Å². The lowest BCUT2D eigenvalue weighted by molar-refractivity contribution is 0.201. The zero-order chi connectivity index (χ0) is 10.7. The summed E-state index contributed by atoms with van der Waals surface area (Å²) in [5.41, 5.74) is 0. The Kier molecular flexibility index (Phi) is 3.12. The highest BCUT2D eigenvalue weighted by molar-refractivity contribution is 7.71. The molecule has 0 aromatic carbocycles. The van der Waals surface area contributed by atoms with Crippen LogP contribution in [0.4, 0.5) is 5.82 Å². The summed E-state index contributed by atoms with van der Waals surface area (Å²) < 4.78 is 26.2. The van der Waals surface area contributed by atoms with Crippen molar-refractivity contribution in [2.24, 2.45) is 0 Å². The summed E-state index contributed by atoms with van der Waals surface area (Å²) in [7, 11) is -2.48. The van der Waals surface area contributed by atoms with E-state index in [2.05, 4.69) is 9.97 Å². The molecular weight excluding hydrogens is 218 g/mol. The topological polar surface area (TPSA) is 72.4 Å². The summed E-state index contributed by atoms with van der Waals surface area (Å²) in [4.78, 5) is 9.97. The molecular formula is C8H11N3O3S. The molecule has 0 N–H and O–H groups in total. The van der Waals surface area contributed by atoms with Gasteiger partial charge < -0.3 is 9.64 Å². The van der Waals surface area contributed by atoms with Crippen LogP contribution in [0.2, 0.25) is 0 Å². The largest absolute Gasteiger partial charge is 0.359 e. The molecule has 2 rings (SSSR count). The van der Waals surface area contributed by atoms with Crippen molar-refractivity contribution in [1.82, 2.24) is 9.97 Å². The van der Waals surface area contributed by atoms with Crippen LogP contribution in [0.25, 0.3) is 0 Å². The highest BCUT2D eigenvalue weighted by Crippen LogP contribution is 2.13. The molecule has 1 fully saturated rings. The number of thiol groups is 1. The van der Waals surface area contributed by atoms with Gasteiger partial charge >= 0.3 is 0 Å². The fourth-order valence-corrected chi connectivity index (χ4v) is 1.73. The first-order valence-corrected chi connectivity index (χ1v) is 5.88. The minimum Gasteiger partial charge on any atom is -0.359 e. The van der Waals surface area contributed by atoms with Crippen LogP contribution in [0, 0.1) is 0 Å². The van der Waals surface area contributed by atoms with Gasteiger partial charge in [-0.05, 0) is 6.07 Å². The molecule has 1 aliphatic heterocycles. The van der Waals surface area contributed by atoms with Crippen molar-refractivity contribution in [2.75, 3.05) is 24.8 Å². The predicted molar refractivity (Wildman–Crippen MR) is 54.2 cm³/mol. The quantitative estimate of drug-likeness (QED) is 0.697. The zero-order valence-corrected chi connectivity index (χ0v) is 8.89. The van der Waals surface area contributed by atoms with E-state index in [1.165, 1.54) is 0 Å². The normalized spacial score (nSPS) is 16.2. The van der Waals surface area contributed by atoms with Crippen LogP contribution in [0.15, 0.2) is 12.3 Å². The summed E-state index contributed by atoms with van der Waals surface area (Å²) in [6.45, 7) is 1.95. The average molecular weight is 229 g/mol. The Morgan fingerprint density at radius 3 is 3.07 bits per heavy atom. The minimum absolute atomic E-state index is 0.113. The van der Waals surface area contributed by atoms with Crippen LogP contribution in [0.1, 0.15) is 5.82 Å². The molecule has 0 amide bonds. The van der Waals surface area contributed by atoms with Crippen LogP contribution in [0.5, 0.6) is 0 Å². The van der Waals surface area contributed by atoms with Gasteiger partial charge in [0.1, 0.15) is 34.8 Å². The molecule has 1 saturated heterocycles. The summed E-state index contributed by atoms with van der Waals surface area (Å²) in [5, 5.41) is 0. The van der Waals surface area contributed by atoms with Crippen LogP contribution in [0.3, 0.4) is 0 Å². The second-order valence-corrected chi connectivity index (χ2v) is 4.10.